The van der Waals surface area contributed by atoms with Crippen molar-refractivity contribution in [3.63, 3.8) is 0 Å². The Morgan fingerprint density at radius 3 is 2.43 bits per heavy atom. The Kier molecular flexibility index (Phi) is 2.68. The molecule has 1 heteroatoms. The fraction of sp³-hybridized carbons (Fsp3) is 0.950. The lowest BCUT2D eigenvalue weighted by molar-refractivity contribution is -0.159. The lowest BCUT2D eigenvalue weighted by Crippen LogP contribution is -2.57. The SMILES string of the molecule is CC1CCC23C(C)CCC(CC2C2(C)CC(=O)C12)C3(C)C. The molecule has 0 aromatic heterocycles. The third-order valence-electron chi connectivity index (χ3n) is 9.18. The van der Waals surface area contributed by atoms with E-state index in [9.17, 15) is 4.79 Å². The van der Waals surface area contributed by atoms with Gasteiger partial charge in [0, 0.05) is 12.3 Å². The highest BCUT2D eigenvalue weighted by molar-refractivity contribution is 5.89. The van der Waals surface area contributed by atoms with E-state index in [0.29, 0.717) is 33.9 Å². The Bertz CT molecular complexity index is 492. The Labute approximate surface area is 130 Å². The van der Waals surface area contributed by atoms with Gasteiger partial charge in [-0.05, 0) is 72.0 Å². The number of hydrogen-bond acceptors (Lipinski definition) is 1. The predicted molar refractivity (Wildman–Crippen MR) is 85.8 cm³/mol. The number of hydrogen-bond donors (Lipinski definition) is 0. The third kappa shape index (κ3) is 1.38. The molecule has 4 aliphatic carbocycles. The Morgan fingerprint density at radius 1 is 1.05 bits per heavy atom. The fourth-order valence-corrected chi connectivity index (χ4v) is 8.16. The minimum absolute atomic E-state index is 0.317. The number of rotatable bonds is 0. The smallest absolute Gasteiger partial charge is 0.137 e. The monoisotopic (exact) mass is 288 g/mol. The van der Waals surface area contributed by atoms with Crippen LogP contribution < -0.4 is 0 Å². The largest absolute Gasteiger partial charge is 0.299 e. The maximum absolute atomic E-state index is 12.4. The van der Waals surface area contributed by atoms with Crippen LogP contribution in [-0.4, -0.2) is 5.78 Å². The summed E-state index contributed by atoms with van der Waals surface area (Å²) in [6, 6.07) is 0. The standard InChI is InChI=1S/C20H32O/c1-12-8-9-20-13(2)6-7-14(18(20,3)4)10-16(20)19(5)11-15(21)17(12)19/h12-14,16-17H,6-11H2,1-5H3. The molecule has 118 valence electrons. The van der Waals surface area contributed by atoms with Crippen molar-refractivity contribution < 1.29 is 4.79 Å². The second kappa shape index (κ2) is 3.95. The van der Waals surface area contributed by atoms with Crippen LogP contribution in [0.4, 0.5) is 0 Å². The quantitative estimate of drug-likeness (QED) is 0.607. The molecule has 4 rings (SSSR count). The summed E-state index contributed by atoms with van der Waals surface area (Å²) in [6.45, 7) is 12.5. The second-order valence-electron chi connectivity index (χ2n) is 9.87. The summed E-state index contributed by atoms with van der Waals surface area (Å²) < 4.78 is 0. The first-order valence-electron chi connectivity index (χ1n) is 9.28. The van der Waals surface area contributed by atoms with E-state index in [1.165, 1.54) is 32.1 Å². The molecule has 4 aliphatic rings. The first kappa shape index (κ1) is 14.3. The van der Waals surface area contributed by atoms with Crippen molar-refractivity contribution in [3.8, 4) is 0 Å². The van der Waals surface area contributed by atoms with Gasteiger partial charge in [0.15, 0.2) is 0 Å². The molecule has 0 heterocycles. The van der Waals surface area contributed by atoms with Gasteiger partial charge < -0.3 is 0 Å². The van der Waals surface area contributed by atoms with E-state index in [2.05, 4.69) is 34.6 Å². The zero-order chi connectivity index (χ0) is 15.2. The molecule has 0 saturated heterocycles. The van der Waals surface area contributed by atoms with Crippen LogP contribution >= 0.6 is 0 Å². The van der Waals surface area contributed by atoms with Crippen LogP contribution in [0.25, 0.3) is 0 Å². The average Bonchev–Trinajstić information content (AvgIpc) is 2.47. The zero-order valence-electron chi connectivity index (χ0n) is 14.5. The van der Waals surface area contributed by atoms with E-state index in [0.717, 1.165) is 24.2 Å². The number of Topliss-reactive ketones (excluding diaryl/α,β-unsaturated/α-hetero) is 1. The molecule has 1 nitrogen and oxygen atoms in total. The molecule has 4 saturated carbocycles. The number of carbonyl (C=O) groups is 1. The van der Waals surface area contributed by atoms with E-state index in [1.807, 2.05) is 0 Å². The van der Waals surface area contributed by atoms with Gasteiger partial charge >= 0.3 is 0 Å². The van der Waals surface area contributed by atoms with Gasteiger partial charge in [-0.15, -0.1) is 0 Å². The van der Waals surface area contributed by atoms with Crippen molar-refractivity contribution in [2.75, 3.05) is 0 Å². The summed E-state index contributed by atoms with van der Waals surface area (Å²) in [6.07, 6.45) is 7.80. The first-order chi connectivity index (χ1) is 9.75. The average molecular weight is 288 g/mol. The van der Waals surface area contributed by atoms with Gasteiger partial charge in [0.1, 0.15) is 5.78 Å². The molecular formula is C20H32O. The fourth-order valence-electron chi connectivity index (χ4n) is 8.16. The van der Waals surface area contributed by atoms with Crippen molar-refractivity contribution in [2.45, 2.75) is 73.1 Å². The van der Waals surface area contributed by atoms with E-state index in [4.69, 9.17) is 0 Å². The van der Waals surface area contributed by atoms with E-state index in [-0.39, 0.29) is 0 Å². The van der Waals surface area contributed by atoms with Crippen LogP contribution in [-0.2, 0) is 4.79 Å². The molecule has 21 heavy (non-hydrogen) atoms. The summed E-state index contributed by atoms with van der Waals surface area (Å²) in [5, 5.41) is 0. The number of fused-ring (bicyclic) bond motifs is 3. The zero-order valence-corrected chi connectivity index (χ0v) is 14.5. The van der Waals surface area contributed by atoms with Crippen LogP contribution in [0.3, 0.4) is 0 Å². The molecule has 0 aliphatic heterocycles. The van der Waals surface area contributed by atoms with Gasteiger partial charge in [-0.25, -0.2) is 0 Å². The van der Waals surface area contributed by atoms with Gasteiger partial charge in [-0.2, -0.15) is 0 Å². The van der Waals surface area contributed by atoms with Gasteiger partial charge in [-0.1, -0.05) is 34.6 Å². The highest BCUT2D eigenvalue weighted by atomic mass is 16.1. The minimum Gasteiger partial charge on any atom is -0.299 e. The molecule has 0 aromatic carbocycles. The summed E-state index contributed by atoms with van der Waals surface area (Å²) in [4.78, 5) is 12.4. The molecule has 0 radical (unpaired) electrons. The molecule has 1 spiro atoms. The summed E-state index contributed by atoms with van der Waals surface area (Å²) >= 11 is 0. The lowest BCUT2D eigenvalue weighted by atomic mass is 9.44. The number of carbonyl (C=O) groups excluding carboxylic acids is 1. The highest BCUT2D eigenvalue weighted by Gasteiger charge is 2.72. The van der Waals surface area contributed by atoms with E-state index in [1.54, 1.807) is 0 Å². The minimum atomic E-state index is 0.317. The maximum Gasteiger partial charge on any atom is 0.137 e. The van der Waals surface area contributed by atoms with Gasteiger partial charge in [0.25, 0.3) is 0 Å². The van der Waals surface area contributed by atoms with Crippen molar-refractivity contribution in [1.82, 2.24) is 0 Å². The second-order valence-corrected chi connectivity index (χ2v) is 9.87. The number of ketones is 1. The van der Waals surface area contributed by atoms with Gasteiger partial charge in [0.05, 0.1) is 0 Å². The van der Waals surface area contributed by atoms with Gasteiger partial charge in [-0.3, -0.25) is 4.79 Å². The lowest BCUT2D eigenvalue weighted by Gasteiger charge is -2.59. The van der Waals surface area contributed by atoms with Gasteiger partial charge in [0.2, 0.25) is 0 Å². The molecule has 7 unspecified atom stereocenters. The molecule has 0 aromatic rings. The van der Waals surface area contributed by atoms with Crippen molar-refractivity contribution >= 4 is 5.78 Å². The topological polar surface area (TPSA) is 17.1 Å². The van der Waals surface area contributed by atoms with E-state index >= 15 is 0 Å². The van der Waals surface area contributed by atoms with Crippen molar-refractivity contribution in [2.24, 2.45) is 45.8 Å². The van der Waals surface area contributed by atoms with Crippen molar-refractivity contribution in [3.05, 3.63) is 0 Å². The Morgan fingerprint density at radius 2 is 1.76 bits per heavy atom. The predicted octanol–water partition coefficient (Wildman–Crippen LogP) is 5.09. The molecular weight excluding hydrogens is 256 g/mol. The summed E-state index contributed by atoms with van der Waals surface area (Å²) in [5.74, 6) is 4.11. The van der Waals surface area contributed by atoms with Crippen molar-refractivity contribution in [1.29, 1.82) is 0 Å². The molecule has 0 N–H and O–H groups in total. The molecule has 4 fully saturated rings. The maximum atomic E-state index is 12.4. The van der Waals surface area contributed by atoms with Crippen LogP contribution in [0.5, 0.6) is 0 Å². The molecule has 7 atom stereocenters. The van der Waals surface area contributed by atoms with Crippen LogP contribution in [0.2, 0.25) is 0 Å². The highest BCUT2D eigenvalue weighted by Crippen LogP contribution is 2.77. The third-order valence-corrected chi connectivity index (χ3v) is 9.18. The normalized spacial score (nSPS) is 58.0. The Hall–Kier alpha value is -0.330. The van der Waals surface area contributed by atoms with Crippen LogP contribution in [0, 0.1) is 45.8 Å². The van der Waals surface area contributed by atoms with Crippen LogP contribution in [0.1, 0.15) is 73.1 Å². The molecule has 2 bridgehead atoms. The first-order valence-corrected chi connectivity index (χ1v) is 9.28. The summed E-state index contributed by atoms with van der Waals surface area (Å²) in [5.41, 5.74) is 1.30. The summed E-state index contributed by atoms with van der Waals surface area (Å²) in [7, 11) is 0. The van der Waals surface area contributed by atoms with Crippen LogP contribution in [0.15, 0.2) is 0 Å². The van der Waals surface area contributed by atoms with E-state index < -0.39 is 0 Å². The Balaban J connectivity index is 1.87. The molecule has 0 amide bonds.